The molecule has 0 saturated heterocycles. The molecule has 0 saturated carbocycles. The summed E-state index contributed by atoms with van der Waals surface area (Å²) < 4.78 is 43.3. The van der Waals surface area contributed by atoms with E-state index in [1.165, 1.54) is 0 Å². The molecule has 10 heteroatoms. The molecule has 17 heavy (non-hydrogen) atoms. The molecule has 1 N–H and O–H groups in total. The fourth-order valence-corrected chi connectivity index (χ4v) is 1.01. The summed E-state index contributed by atoms with van der Waals surface area (Å²) in [5.41, 5.74) is -1.37. The number of pyridine rings is 1. The van der Waals surface area contributed by atoms with Crippen LogP contribution < -0.4 is 14.9 Å². The largest absolute Gasteiger partial charge is 0.573 e. The second-order valence-corrected chi connectivity index (χ2v) is 2.67. The number of hydrogen-bond acceptors (Lipinski definition) is 5. The molecule has 1 aromatic rings. The Bertz CT molecular complexity index is 495. The Labute approximate surface area is 90.9 Å². The van der Waals surface area contributed by atoms with Gasteiger partial charge in [-0.2, -0.15) is 0 Å². The van der Waals surface area contributed by atoms with Crippen LogP contribution in [-0.2, 0) is 0 Å². The van der Waals surface area contributed by atoms with Crippen molar-refractivity contribution in [3.8, 4) is 11.5 Å². The van der Waals surface area contributed by atoms with E-state index in [1.807, 2.05) is 4.98 Å². The number of aromatic amines is 1. The summed E-state index contributed by atoms with van der Waals surface area (Å²) >= 11 is 0. The molecule has 0 fully saturated rings. The molecule has 0 atom stereocenters. The summed E-state index contributed by atoms with van der Waals surface area (Å²) in [6.45, 7) is 0. The van der Waals surface area contributed by atoms with Crippen LogP contribution in [0.2, 0.25) is 0 Å². The summed E-state index contributed by atoms with van der Waals surface area (Å²) in [6.07, 6.45) is -4.63. The van der Waals surface area contributed by atoms with Crippen molar-refractivity contribution in [3.63, 3.8) is 0 Å². The van der Waals surface area contributed by atoms with Gasteiger partial charge < -0.3 is 19.6 Å². The molecule has 0 amide bonds. The van der Waals surface area contributed by atoms with Gasteiger partial charge >= 0.3 is 12.2 Å². The number of ether oxygens (including phenoxy) is 2. The molecule has 94 valence electrons. The predicted molar refractivity (Wildman–Crippen MR) is 47.0 cm³/mol. The van der Waals surface area contributed by atoms with Crippen molar-refractivity contribution in [2.24, 2.45) is 0 Å². The van der Waals surface area contributed by atoms with Gasteiger partial charge in [0.25, 0.3) is 11.2 Å². The zero-order chi connectivity index (χ0) is 13.2. The van der Waals surface area contributed by atoms with Crippen molar-refractivity contribution in [3.05, 3.63) is 26.5 Å². The molecular formula is C7H5F3N2O5. The molecule has 0 aliphatic carbocycles. The molecule has 0 aliphatic rings. The Morgan fingerprint density at radius 3 is 2.47 bits per heavy atom. The highest BCUT2D eigenvalue weighted by Crippen LogP contribution is 2.25. The number of nitrogens with zero attached hydrogens (tertiary/aromatic N) is 1. The number of halogens is 3. The summed E-state index contributed by atoms with van der Waals surface area (Å²) in [5.74, 6) is -2.86. The van der Waals surface area contributed by atoms with Gasteiger partial charge in [-0.25, -0.2) is 4.98 Å². The predicted octanol–water partition coefficient (Wildman–Crippen LogP) is 1.19. The normalized spacial score (nSPS) is 11.1. The SMILES string of the molecule is COc1c([N+](=O)[O-])[nH]cc(OC(F)(F)F)c1=O. The highest BCUT2D eigenvalue weighted by atomic mass is 19.4. The second-order valence-electron chi connectivity index (χ2n) is 2.67. The van der Waals surface area contributed by atoms with Gasteiger partial charge in [0, 0.05) is 0 Å². The molecule has 7 nitrogen and oxygen atoms in total. The maximum absolute atomic E-state index is 11.9. The Morgan fingerprint density at radius 1 is 1.47 bits per heavy atom. The lowest BCUT2D eigenvalue weighted by atomic mass is 10.4. The van der Waals surface area contributed by atoms with E-state index in [0.717, 1.165) is 7.11 Å². The van der Waals surface area contributed by atoms with E-state index in [4.69, 9.17) is 0 Å². The van der Waals surface area contributed by atoms with Crippen molar-refractivity contribution in [2.75, 3.05) is 7.11 Å². The number of rotatable bonds is 3. The number of aromatic nitrogens is 1. The fourth-order valence-electron chi connectivity index (χ4n) is 1.01. The molecule has 0 unspecified atom stereocenters. The van der Waals surface area contributed by atoms with Crippen LogP contribution in [0, 0.1) is 10.1 Å². The number of H-pyrrole nitrogens is 1. The quantitative estimate of drug-likeness (QED) is 0.645. The first-order chi connectivity index (χ1) is 7.76. The second kappa shape index (κ2) is 4.31. The zero-order valence-corrected chi connectivity index (χ0v) is 8.20. The topological polar surface area (TPSA) is 94.5 Å². The van der Waals surface area contributed by atoms with Gasteiger partial charge in [0.2, 0.25) is 5.75 Å². The molecule has 0 aromatic carbocycles. The molecule has 1 aromatic heterocycles. The summed E-state index contributed by atoms with van der Waals surface area (Å²) in [4.78, 5) is 22.6. The van der Waals surface area contributed by atoms with Gasteiger partial charge in [0.05, 0.1) is 7.11 Å². The average molecular weight is 254 g/mol. The van der Waals surface area contributed by atoms with Crippen molar-refractivity contribution in [2.45, 2.75) is 6.36 Å². The van der Waals surface area contributed by atoms with E-state index in [0.29, 0.717) is 6.20 Å². The Morgan fingerprint density at radius 2 is 2.06 bits per heavy atom. The molecule has 1 heterocycles. The number of nitro groups is 1. The van der Waals surface area contributed by atoms with Gasteiger partial charge in [0.15, 0.2) is 0 Å². The van der Waals surface area contributed by atoms with Crippen LogP contribution in [-0.4, -0.2) is 23.4 Å². The van der Waals surface area contributed by atoms with Crippen molar-refractivity contribution >= 4 is 5.82 Å². The Kier molecular flexibility index (Phi) is 3.25. The fraction of sp³-hybridized carbons (Fsp3) is 0.286. The van der Waals surface area contributed by atoms with E-state index in [9.17, 15) is 28.1 Å². The lowest BCUT2D eigenvalue weighted by Crippen LogP contribution is -2.22. The van der Waals surface area contributed by atoms with Crippen LogP contribution in [0.25, 0.3) is 0 Å². The highest BCUT2D eigenvalue weighted by molar-refractivity contribution is 5.43. The van der Waals surface area contributed by atoms with E-state index in [2.05, 4.69) is 9.47 Å². The van der Waals surface area contributed by atoms with Crippen molar-refractivity contribution < 1.29 is 27.6 Å². The molecule has 0 bridgehead atoms. The molecule has 0 aliphatic heterocycles. The van der Waals surface area contributed by atoms with E-state index < -0.39 is 34.0 Å². The third-order valence-electron chi connectivity index (χ3n) is 1.60. The van der Waals surface area contributed by atoms with Crippen LogP contribution in [0.1, 0.15) is 0 Å². The van der Waals surface area contributed by atoms with E-state index >= 15 is 0 Å². The van der Waals surface area contributed by atoms with Crippen LogP contribution in [0.15, 0.2) is 11.0 Å². The van der Waals surface area contributed by atoms with Crippen LogP contribution in [0.5, 0.6) is 11.5 Å². The molecule has 0 radical (unpaired) electrons. The Hall–Kier alpha value is -2.26. The van der Waals surface area contributed by atoms with Crippen molar-refractivity contribution in [1.82, 2.24) is 4.98 Å². The van der Waals surface area contributed by atoms with Gasteiger partial charge in [-0.3, -0.25) is 4.79 Å². The maximum Gasteiger partial charge on any atom is 0.573 e. The van der Waals surface area contributed by atoms with E-state index in [-0.39, 0.29) is 0 Å². The summed E-state index contributed by atoms with van der Waals surface area (Å²) in [6, 6.07) is 0. The first kappa shape index (κ1) is 12.8. The van der Waals surface area contributed by atoms with Gasteiger partial charge in [-0.1, -0.05) is 0 Å². The van der Waals surface area contributed by atoms with Crippen LogP contribution >= 0.6 is 0 Å². The minimum Gasteiger partial charge on any atom is -0.486 e. The number of alkyl halides is 3. The molecular weight excluding hydrogens is 249 g/mol. The minimum atomic E-state index is -5.08. The Balaban J connectivity index is 3.31. The standard InChI is InChI=1S/C7H5F3N2O5/c1-16-5-4(13)3(17-7(8,9)10)2-11-6(5)12(14)15/h2H,1H3,(H,11,13). The van der Waals surface area contributed by atoms with Crippen molar-refractivity contribution in [1.29, 1.82) is 0 Å². The number of nitrogens with one attached hydrogen (secondary N) is 1. The van der Waals surface area contributed by atoms with E-state index in [1.54, 1.807) is 0 Å². The van der Waals surface area contributed by atoms with Gasteiger partial charge in [-0.15, -0.1) is 13.2 Å². The lowest BCUT2D eigenvalue weighted by molar-refractivity contribution is -0.390. The van der Waals surface area contributed by atoms with Gasteiger partial charge in [0.1, 0.15) is 6.20 Å². The number of methoxy groups -OCH3 is 1. The van der Waals surface area contributed by atoms with Crippen LogP contribution in [0.3, 0.4) is 0 Å². The summed E-state index contributed by atoms with van der Waals surface area (Å²) in [5, 5.41) is 10.4. The first-order valence-electron chi connectivity index (χ1n) is 3.96. The average Bonchev–Trinajstić information content (AvgIpc) is 2.18. The van der Waals surface area contributed by atoms with Crippen LogP contribution in [0.4, 0.5) is 19.0 Å². The summed E-state index contributed by atoms with van der Waals surface area (Å²) in [7, 11) is 0.912. The zero-order valence-electron chi connectivity index (χ0n) is 8.20. The first-order valence-corrected chi connectivity index (χ1v) is 3.96. The maximum atomic E-state index is 11.9. The third-order valence-corrected chi connectivity index (χ3v) is 1.60. The molecule has 0 spiro atoms. The highest BCUT2D eigenvalue weighted by Gasteiger charge is 2.34. The molecule has 1 rings (SSSR count). The monoisotopic (exact) mass is 254 g/mol. The third kappa shape index (κ3) is 2.86. The smallest absolute Gasteiger partial charge is 0.486 e. The minimum absolute atomic E-state index is 0.441. The lowest BCUT2D eigenvalue weighted by Gasteiger charge is -2.08. The number of hydrogen-bond donors (Lipinski definition) is 1. The van der Waals surface area contributed by atoms with Gasteiger partial charge in [-0.05, 0) is 4.92 Å².